The number of hydrogen-bond acceptors (Lipinski definition) is 9. The van der Waals surface area contributed by atoms with Gasteiger partial charge in [-0.25, -0.2) is 0 Å². The maximum Gasteiger partial charge on any atom is 0.324 e. The molecule has 0 saturated carbocycles. The van der Waals surface area contributed by atoms with E-state index in [1.54, 1.807) is 33.9 Å². The number of aldehydes is 1. The van der Waals surface area contributed by atoms with Gasteiger partial charge in [-0.05, 0) is 84.0 Å². The second-order valence-electron chi connectivity index (χ2n) is 10.9. The molecule has 1 amide bonds. The van der Waals surface area contributed by atoms with E-state index in [4.69, 9.17) is 15.2 Å². The highest BCUT2D eigenvalue weighted by Crippen LogP contribution is 2.37. The summed E-state index contributed by atoms with van der Waals surface area (Å²) in [5.74, 6) is -1.07. The van der Waals surface area contributed by atoms with Crippen LogP contribution in [-0.4, -0.2) is 66.5 Å². The number of rotatable bonds is 13. The Balaban J connectivity index is 0.000000299. The number of amides is 1. The largest absolute Gasteiger partial charge is 0.465 e. The monoisotopic (exact) mass is 582 g/mol. The van der Waals surface area contributed by atoms with Gasteiger partial charge in [-0.3, -0.25) is 19.4 Å². The molecule has 1 fully saturated rings. The van der Waals surface area contributed by atoms with Crippen molar-refractivity contribution in [2.45, 2.75) is 83.8 Å². The Morgan fingerprint density at radius 2 is 1.81 bits per heavy atom. The first kappa shape index (κ1) is 34.6. The van der Waals surface area contributed by atoms with Gasteiger partial charge in [0.15, 0.2) is 0 Å². The third-order valence-electron chi connectivity index (χ3n) is 7.02. The molecule has 0 radical (unpaired) electrons. The van der Waals surface area contributed by atoms with Crippen molar-refractivity contribution in [2.75, 3.05) is 19.8 Å². The van der Waals surface area contributed by atoms with Crippen LogP contribution in [0.15, 0.2) is 54.7 Å². The third-order valence-corrected chi connectivity index (χ3v) is 7.02. The van der Waals surface area contributed by atoms with Gasteiger partial charge < -0.3 is 30.6 Å². The van der Waals surface area contributed by atoms with Gasteiger partial charge in [-0.1, -0.05) is 36.4 Å². The van der Waals surface area contributed by atoms with Crippen LogP contribution >= 0.6 is 0 Å². The number of piperidine rings is 1. The first-order valence-corrected chi connectivity index (χ1v) is 14.6. The highest BCUT2D eigenvalue weighted by atomic mass is 16.5. The van der Waals surface area contributed by atoms with Crippen LogP contribution < -0.4 is 16.4 Å². The summed E-state index contributed by atoms with van der Waals surface area (Å²) in [5, 5.41) is 5.81. The highest BCUT2D eigenvalue weighted by molar-refractivity contribution is 5.88. The molecule has 1 aliphatic rings. The molecule has 230 valence electrons. The van der Waals surface area contributed by atoms with Gasteiger partial charge in [-0.2, -0.15) is 0 Å². The molecule has 0 aliphatic carbocycles. The van der Waals surface area contributed by atoms with Crippen molar-refractivity contribution in [1.82, 2.24) is 15.6 Å². The van der Waals surface area contributed by atoms with Crippen LogP contribution in [0.5, 0.6) is 0 Å². The van der Waals surface area contributed by atoms with Gasteiger partial charge in [-0.15, -0.1) is 0 Å². The lowest BCUT2D eigenvalue weighted by Crippen LogP contribution is -2.60. The van der Waals surface area contributed by atoms with E-state index in [9.17, 15) is 19.2 Å². The number of nitrogens with two attached hydrogens (primary N) is 1. The van der Waals surface area contributed by atoms with Gasteiger partial charge in [0.05, 0.1) is 30.2 Å². The summed E-state index contributed by atoms with van der Waals surface area (Å²) in [6.07, 6.45) is 6.54. The smallest absolute Gasteiger partial charge is 0.324 e. The molecular formula is C32H46N4O6. The van der Waals surface area contributed by atoms with Gasteiger partial charge in [0.2, 0.25) is 5.91 Å². The molecule has 3 atom stereocenters. The molecule has 1 aliphatic heterocycles. The molecule has 3 rings (SSSR count). The Hall–Kier alpha value is -3.63. The van der Waals surface area contributed by atoms with Crippen LogP contribution in [0.4, 0.5) is 0 Å². The second kappa shape index (κ2) is 17.4. The van der Waals surface area contributed by atoms with Crippen LogP contribution in [0.1, 0.15) is 64.6 Å². The van der Waals surface area contributed by atoms with Crippen molar-refractivity contribution in [3.05, 3.63) is 66.0 Å². The van der Waals surface area contributed by atoms with Gasteiger partial charge in [0, 0.05) is 18.3 Å². The number of pyridine rings is 1. The number of aromatic nitrogens is 1. The first-order valence-electron chi connectivity index (χ1n) is 14.6. The van der Waals surface area contributed by atoms with E-state index in [1.165, 1.54) is 5.56 Å². The number of nitrogens with one attached hydrogen (secondary N) is 2. The van der Waals surface area contributed by atoms with E-state index in [0.717, 1.165) is 31.2 Å². The Morgan fingerprint density at radius 3 is 2.40 bits per heavy atom. The van der Waals surface area contributed by atoms with Crippen LogP contribution in [0.25, 0.3) is 0 Å². The molecule has 1 aromatic heterocycles. The summed E-state index contributed by atoms with van der Waals surface area (Å²) in [5.41, 5.74) is 5.74. The minimum Gasteiger partial charge on any atom is -0.465 e. The van der Waals surface area contributed by atoms with Gasteiger partial charge in [0.25, 0.3) is 0 Å². The molecule has 1 aromatic carbocycles. The molecule has 3 unspecified atom stereocenters. The molecule has 4 N–H and O–H groups in total. The number of carbonyl (C=O) groups is 4. The highest BCUT2D eigenvalue weighted by Gasteiger charge is 2.52. The molecule has 10 heteroatoms. The lowest BCUT2D eigenvalue weighted by Gasteiger charge is -2.40. The summed E-state index contributed by atoms with van der Waals surface area (Å²) in [6.45, 7) is 7.99. The van der Waals surface area contributed by atoms with Gasteiger partial charge in [0.1, 0.15) is 12.3 Å². The number of hydrogen-bond donors (Lipinski definition) is 3. The maximum absolute atomic E-state index is 12.7. The fraction of sp³-hybridized carbons (Fsp3) is 0.531. The predicted molar refractivity (Wildman–Crippen MR) is 160 cm³/mol. The summed E-state index contributed by atoms with van der Waals surface area (Å²) in [6, 6.07) is 14.4. The summed E-state index contributed by atoms with van der Waals surface area (Å²) < 4.78 is 10.5. The predicted octanol–water partition coefficient (Wildman–Crippen LogP) is 2.92. The Kier molecular flexibility index (Phi) is 14.3. The van der Waals surface area contributed by atoms with E-state index >= 15 is 0 Å². The topological polar surface area (TPSA) is 150 Å². The fourth-order valence-corrected chi connectivity index (χ4v) is 4.81. The van der Waals surface area contributed by atoms with E-state index in [1.807, 2.05) is 36.4 Å². The molecule has 42 heavy (non-hydrogen) atoms. The minimum atomic E-state index is -0.977. The van der Waals surface area contributed by atoms with E-state index in [-0.39, 0.29) is 25.1 Å². The average Bonchev–Trinajstić information content (AvgIpc) is 2.98. The molecule has 1 saturated heterocycles. The number of aryl methyl sites for hydroxylation is 1. The number of ether oxygens (including phenoxy) is 2. The van der Waals surface area contributed by atoms with Crippen LogP contribution in [-0.2, 0) is 41.5 Å². The molecule has 2 aromatic rings. The summed E-state index contributed by atoms with van der Waals surface area (Å²) in [4.78, 5) is 52.1. The van der Waals surface area contributed by atoms with Gasteiger partial charge >= 0.3 is 11.9 Å². The van der Waals surface area contributed by atoms with Crippen LogP contribution in [0.3, 0.4) is 0 Å². The normalized spacial score (nSPS) is 18.9. The van der Waals surface area contributed by atoms with E-state index in [2.05, 4.69) is 27.8 Å². The van der Waals surface area contributed by atoms with Crippen molar-refractivity contribution >= 4 is 24.1 Å². The molecule has 0 spiro atoms. The quantitative estimate of drug-likeness (QED) is 0.239. The van der Waals surface area contributed by atoms with Crippen molar-refractivity contribution < 1.29 is 28.7 Å². The Morgan fingerprint density at radius 1 is 1.12 bits per heavy atom. The minimum absolute atomic E-state index is 0.276. The Labute approximate surface area is 249 Å². The van der Waals surface area contributed by atoms with Crippen molar-refractivity contribution in [1.29, 1.82) is 0 Å². The van der Waals surface area contributed by atoms with Crippen molar-refractivity contribution in [3.8, 4) is 0 Å². The fourth-order valence-electron chi connectivity index (χ4n) is 4.81. The lowest BCUT2D eigenvalue weighted by molar-refractivity contribution is -0.168. The molecular weight excluding hydrogens is 536 g/mol. The zero-order valence-electron chi connectivity index (χ0n) is 25.3. The Bertz CT molecular complexity index is 1120. The van der Waals surface area contributed by atoms with Crippen molar-refractivity contribution in [3.63, 3.8) is 0 Å². The van der Waals surface area contributed by atoms with E-state index < -0.39 is 29.0 Å². The number of nitrogens with zero attached hydrogens (tertiary/aromatic N) is 1. The number of esters is 2. The van der Waals surface area contributed by atoms with Crippen LogP contribution in [0.2, 0.25) is 0 Å². The van der Waals surface area contributed by atoms with Crippen LogP contribution in [0, 0.1) is 5.41 Å². The van der Waals surface area contributed by atoms with Crippen molar-refractivity contribution in [2.24, 2.45) is 11.1 Å². The summed E-state index contributed by atoms with van der Waals surface area (Å²) >= 11 is 0. The second-order valence-corrected chi connectivity index (χ2v) is 10.9. The zero-order valence-corrected chi connectivity index (χ0v) is 25.3. The number of carbonyl (C=O) groups excluding carboxylic acids is 4. The standard InChI is InChI=1S/C17H24N2O4.C15H22N2O2/c1-3-22-15(20)14-17(9-7-11-19-14,16(21)23-4-2)12-13-8-5-6-10-18-13;1-15(2,16)14(19)17-13(11-18)10-6-9-12-7-4-3-5-8-12/h5-6,8,10,14,19H,3-4,7,9,11-12H2,1-2H3;3-5,7-8,11,13H,6,9-10,16H2,1-2H3,(H,17,19). The summed E-state index contributed by atoms with van der Waals surface area (Å²) in [7, 11) is 0. The number of benzene rings is 1. The molecule has 10 nitrogen and oxygen atoms in total. The average molecular weight is 583 g/mol. The van der Waals surface area contributed by atoms with E-state index in [0.29, 0.717) is 25.8 Å². The molecule has 2 heterocycles. The first-order chi connectivity index (χ1) is 20.1. The lowest BCUT2D eigenvalue weighted by atomic mass is 9.70. The zero-order chi connectivity index (χ0) is 31.0. The SMILES string of the molecule is CC(C)(N)C(=O)NC(C=O)CCCc1ccccc1.CCOC(=O)C1NCCCC1(Cc1ccccn1)C(=O)OCC. The third kappa shape index (κ3) is 10.6. The molecule has 0 bridgehead atoms. The maximum atomic E-state index is 12.7.